The molecule has 77 heavy (non-hydrogen) atoms. The minimum Gasteiger partial charge on any atom is -0.355 e. The van der Waals surface area contributed by atoms with Gasteiger partial charge in [-0.2, -0.15) is 0 Å². The highest BCUT2D eigenvalue weighted by atomic mass is 15.2. The van der Waals surface area contributed by atoms with Crippen molar-refractivity contribution in [3.8, 4) is 55.6 Å². The van der Waals surface area contributed by atoms with Gasteiger partial charge in [-0.15, -0.1) is 0 Å². The number of fused-ring (bicyclic) bond motifs is 16. The molecule has 12 aromatic carbocycles. The Bertz CT molecular complexity index is 4430. The van der Waals surface area contributed by atoms with Crippen molar-refractivity contribution in [3.05, 3.63) is 293 Å². The Morgan fingerprint density at radius 3 is 1.43 bits per heavy atom. The van der Waals surface area contributed by atoms with E-state index in [-0.39, 0.29) is 10.8 Å². The number of nitrogens with zero attached hydrogens (tertiary/aromatic N) is 1. The quantitative estimate of drug-likeness (QED) is 0.177. The van der Waals surface area contributed by atoms with Crippen molar-refractivity contribution in [2.75, 3.05) is 10.2 Å². The van der Waals surface area contributed by atoms with Crippen LogP contribution in [0.25, 0.3) is 77.2 Å². The van der Waals surface area contributed by atoms with E-state index in [1.54, 1.807) is 0 Å². The Balaban J connectivity index is 1.05. The Labute approximate surface area is 450 Å². The second kappa shape index (κ2) is 15.9. The van der Waals surface area contributed by atoms with Crippen molar-refractivity contribution in [1.82, 2.24) is 0 Å². The molecule has 2 nitrogen and oxygen atoms in total. The minimum atomic E-state index is -0.547. The van der Waals surface area contributed by atoms with Gasteiger partial charge in [0.1, 0.15) is 0 Å². The summed E-state index contributed by atoms with van der Waals surface area (Å²) < 4.78 is 0. The van der Waals surface area contributed by atoms with E-state index in [1.165, 1.54) is 139 Å². The SMILES string of the molecule is CC1(C)c2ccccc2Nc2c(-c3cccc4c(-c5cccc6c5C5(c7ccccc7-c7ccccc75)c5ccccc5-6)c5cccc(-c6cccc7c6N(c6ccccc6)c6ccccc6C7(C)C)c5cc34)cccc21. The predicted octanol–water partition coefficient (Wildman–Crippen LogP) is 19.8. The van der Waals surface area contributed by atoms with Crippen molar-refractivity contribution < 1.29 is 0 Å². The first-order valence-electron chi connectivity index (χ1n) is 27.3. The van der Waals surface area contributed by atoms with E-state index >= 15 is 0 Å². The fourth-order valence-corrected chi connectivity index (χ4v) is 15.0. The first-order chi connectivity index (χ1) is 37.8. The monoisotopic (exact) mass is 982 g/mol. The molecule has 2 aliphatic carbocycles. The molecule has 0 saturated carbocycles. The fourth-order valence-electron chi connectivity index (χ4n) is 15.0. The molecule has 0 fully saturated rings. The molecule has 1 N–H and O–H groups in total. The summed E-state index contributed by atoms with van der Waals surface area (Å²) in [5, 5.41) is 8.91. The second-order valence-electron chi connectivity index (χ2n) is 22.7. The molecule has 0 saturated heterocycles. The molecule has 364 valence electrons. The molecule has 0 amide bonds. The molecule has 0 atom stereocenters. The third kappa shape index (κ3) is 5.80. The van der Waals surface area contributed by atoms with Gasteiger partial charge in [0.05, 0.1) is 22.5 Å². The van der Waals surface area contributed by atoms with Gasteiger partial charge in [0.2, 0.25) is 0 Å². The number of hydrogen-bond acceptors (Lipinski definition) is 2. The number of rotatable bonds is 4. The molecule has 0 radical (unpaired) electrons. The van der Waals surface area contributed by atoms with Gasteiger partial charge >= 0.3 is 0 Å². The van der Waals surface area contributed by atoms with E-state index in [0.29, 0.717) is 0 Å². The summed E-state index contributed by atoms with van der Waals surface area (Å²) in [7, 11) is 0. The number of benzene rings is 12. The van der Waals surface area contributed by atoms with E-state index in [1.807, 2.05) is 0 Å². The molecule has 1 spiro atoms. The normalized spacial score (nSPS) is 15.1. The Kier molecular flexibility index (Phi) is 9.10. The molecule has 2 heteroatoms. The standard InChI is InChI=1S/C75H54N2/c1-73(2)63-39-14-16-43-67(63)76-71-55(33-21-41-65(71)73)47-28-18-30-52-58(47)45-59-48(56-34-22-42-66-72(56)77(46-23-6-5-7-24-46)68-44-17-15-40-64(68)74(66,3)4)29-19-31-53(59)69(52)57-35-20-32-54-51-27-10-13-38-62(51)75(70(54)57)60-36-11-8-25-49(60)50-26-9-12-37-61(50)75/h5-45,76H,1-4H3. The van der Waals surface area contributed by atoms with Crippen LogP contribution in [-0.4, -0.2) is 0 Å². The summed E-state index contributed by atoms with van der Waals surface area (Å²) in [6, 6.07) is 94.2. The average Bonchev–Trinajstić information content (AvgIpc) is 3.25. The predicted molar refractivity (Wildman–Crippen MR) is 323 cm³/mol. The van der Waals surface area contributed by atoms with E-state index in [9.17, 15) is 0 Å². The van der Waals surface area contributed by atoms with Crippen LogP contribution in [0.15, 0.2) is 249 Å². The first kappa shape index (κ1) is 44.1. The fraction of sp³-hybridized carbons (Fsp3) is 0.0933. The lowest BCUT2D eigenvalue weighted by atomic mass is 9.68. The first-order valence-corrected chi connectivity index (χ1v) is 27.3. The summed E-state index contributed by atoms with van der Waals surface area (Å²) in [6.07, 6.45) is 0. The highest BCUT2D eigenvalue weighted by Crippen LogP contribution is 2.66. The Morgan fingerprint density at radius 1 is 0.312 bits per heavy atom. The minimum absolute atomic E-state index is 0.214. The largest absolute Gasteiger partial charge is 0.355 e. The molecule has 0 bridgehead atoms. The van der Waals surface area contributed by atoms with Crippen LogP contribution in [-0.2, 0) is 16.2 Å². The molecule has 2 heterocycles. The average molecular weight is 983 g/mol. The van der Waals surface area contributed by atoms with Crippen molar-refractivity contribution in [1.29, 1.82) is 0 Å². The molecule has 4 aliphatic rings. The third-order valence-corrected chi connectivity index (χ3v) is 18.3. The number of hydrogen-bond donors (Lipinski definition) is 1. The summed E-state index contributed by atoms with van der Waals surface area (Å²) in [5.74, 6) is 0. The van der Waals surface area contributed by atoms with E-state index in [0.717, 1.165) is 11.4 Å². The van der Waals surface area contributed by atoms with E-state index < -0.39 is 5.41 Å². The van der Waals surface area contributed by atoms with Crippen LogP contribution in [0.5, 0.6) is 0 Å². The highest BCUT2D eigenvalue weighted by Gasteiger charge is 2.53. The zero-order chi connectivity index (χ0) is 51.4. The van der Waals surface area contributed by atoms with Gasteiger partial charge in [-0.1, -0.05) is 246 Å². The van der Waals surface area contributed by atoms with Crippen molar-refractivity contribution in [2.45, 2.75) is 43.9 Å². The van der Waals surface area contributed by atoms with Crippen molar-refractivity contribution in [2.24, 2.45) is 0 Å². The second-order valence-corrected chi connectivity index (χ2v) is 22.7. The molecule has 12 aromatic rings. The van der Waals surface area contributed by atoms with Crippen LogP contribution >= 0.6 is 0 Å². The van der Waals surface area contributed by atoms with Gasteiger partial charge in [-0.25, -0.2) is 0 Å². The smallest absolute Gasteiger partial charge is 0.0731 e. The maximum absolute atomic E-state index is 4.01. The van der Waals surface area contributed by atoms with Crippen LogP contribution in [0, 0.1) is 0 Å². The summed E-state index contributed by atoms with van der Waals surface area (Å²) in [4.78, 5) is 2.53. The maximum Gasteiger partial charge on any atom is 0.0731 e. The van der Waals surface area contributed by atoms with Gasteiger partial charge in [0, 0.05) is 33.3 Å². The van der Waals surface area contributed by atoms with Crippen LogP contribution in [0.1, 0.15) is 72.2 Å². The van der Waals surface area contributed by atoms with Gasteiger partial charge in [-0.3, -0.25) is 0 Å². The number of anilines is 5. The van der Waals surface area contributed by atoms with Gasteiger partial charge < -0.3 is 10.2 Å². The zero-order valence-corrected chi connectivity index (χ0v) is 43.6. The summed E-state index contributed by atoms with van der Waals surface area (Å²) >= 11 is 0. The van der Waals surface area contributed by atoms with Gasteiger partial charge in [0.15, 0.2) is 0 Å². The molecule has 16 rings (SSSR count). The maximum atomic E-state index is 4.01. The lowest BCUT2D eigenvalue weighted by Gasteiger charge is -2.43. The van der Waals surface area contributed by atoms with Crippen LogP contribution in [0.4, 0.5) is 28.4 Å². The van der Waals surface area contributed by atoms with Crippen LogP contribution < -0.4 is 10.2 Å². The van der Waals surface area contributed by atoms with E-state index in [4.69, 9.17) is 0 Å². The van der Waals surface area contributed by atoms with Crippen molar-refractivity contribution in [3.63, 3.8) is 0 Å². The Hall–Kier alpha value is -9.24. The number of nitrogens with one attached hydrogen (secondary N) is 1. The molecule has 2 aliphatic heterocycles. The molecular weight excluding hydrogens is 929 g/mol. The Morgan fingerprint density at radius 2 is 0.753 bits per heavy atom. The lowest BCUT2D eigenvalue weighted by molar-refractivity contribution is 0.632. The molecule has 0 unspecified atom stereocenters. The highest BCUT2D eigenvalue weighted by molar-refractivity contribution is 6.21. The third-order valence-electron chi connectivity index (χ3n) is 18.3. The topological polar surface area (TPSA) is 15.3 Å². The molecule has 0 aromatic heterocycles. The summed E-state index contributed by atoms with van der Waals surface area (Å²) in [5.41, 5.74) is 28.0. The lowest BCUT2D eigenvalue weighted by Crippen LogP contribution is -2.31. The van der Waals surface area contributed by atoms with Crippen molar-refractivity contribution >= 4 is 50.0 Å². The van der Waals surface area contributed by atoms with Crippen LogP contribution in [0.2, 0.25) is 0 Å². The summed E-state index contributed by atoms with van der Waals surface area (Å²) in [6.45, 7) is 9.54. The van der Waals surface area contributed by atoms with Gasteiger partial charge in [-0.05, 0) is 141 Å². The molecular formula is C75H54N2. The zero-order valence-electron chi connectivity index (χ0n) is 43.6. The van der Waals surface area contributed by atoms with Crippen LogP contribution in [0.3, 0.4) is 0 Å². The van der Waals surface area contributed by atoms with E-state index in [2.05, 4.69) is 287 Å². The van der Waals surface area contributed by atoms with Gasteiger partial charge in [0.25, 0.3) is 0 Å². The number of para-hydroxylation sites is 5.